The van der Waals surface area contributed by atoms with E-state index in [1.807, 2.05) is 0 Å². The van der Waals surface area contributed by atoms with Crippen LogP contribution in [0.25, 0.3) is 10.4 Å². The number of carbonyl (C=O) groups is 2. The number of rotatable bonds is 22. The number of phosphoric acid groups is 3. The molecule has 29 heteroatoms. The third kappa shape index (κ3) is 16.7. The molecule has 0 aliphatic carbocycles. The lowest BCUT2D eigenvalue weighted by Gasteiger charge is -2.20. The molecule has 1 fully saturated rings. The number of hydrogen-bond donors (Lipinski definition) is 8. The van der Waals surface area contributed by atoms with Gasteiger partial charge in [0.05, 0.1) is 24.8 Å². The molecule has 58 heavy (non-hydrogen) atoms. The van der Waals surface area contributed by atoms with Crippen molar-refractivity contribution in [3.8, 4) is 17.6 Å². The molecule has 1 aliphatic rings. The van der Waals surface area contributed by atoms with Gasteiger partial charge in [0.25, 0.3) is 5.91 Å². The van der Waals surface area contributed by atoms with Gasteiger partial charge in [-0.15, -0.1) is 0 Å². The number of aromatic nitrogens is 2. The van der Waals surface area contributed by atoms with Gasteiger partial charge in [0.2, 0.25) is 5.91 Å². The van der Waals surface area contributed by atoms with E-state index < -0.39 is 72.9 Å². The first-order valence-corrected chi connectivity index (χ1v) is 20.9. The fraction of sp³-hybridized carbons (Fsp3) is 0.448. The minimum Gasteiger partial charge on any atom is -0.491 e. The molecule has 1 aliphatic heterocycles. The van der Waals surface area contributed by atoms with Gasteiger partial charge in [-0.3, -0.25) is 18.7 Å². The number of nitrogens with two attached hydrogens (primary N) is 1. The molecule has 1 aromatic heterocycles. The molecule has 0 spiro atoms. The van der Waals surface area contributed by atoms with Crippen molar-refractivity contribution < 1.29 is 75.0 Å². The molecule has 26 nitrogen and oxygen atoms in total. The number of hydrogen-bond acceptors (Lipinski definition) is 17. The topological polar surface area (TPSA) is 377 Å². The first-order valence-electron chi connectivity index (χ1n) is 16.4. The van der Waals surface area contributed by atoms with Crippen LogP contribution >= 0.6 is 23.5 Å². The van der Waals surface area contributed by atoms with E-state index in [-0.39, 0.29) is 42.6 Å². The summed E-state index contributed by atoms with van der Waals surface area (Å²) in [4.78, 5) is 80.4. The van der Waals surface area contributed by atoms with Crippen LogP contribution in [0.1, 0.15) is 35.5 Å². The normalized spacial score (nSPS) is 18.9. The summed E-state index contributed by atoms with van der Waals surface area (Å²) in [5, 5.41) is 11.7. The number of benzene rings is 1. The number of amides is 2. The SMILES string of the molecule is C=C(C)NCCNC(=O)c1cccc(OCC(N=[N+]=[N-])OCC(=O)NCC#Cc2cn([C@@H]3C[C@@H](OC)C(COP(=O)(O)OP(=O)(O)OP(=O)(O)O)O3)c(=O)nc2N)c1. The molecular weight excluding hydrogens is 839 g/mol. The molecule has 2 heterocycles. The third-order valence-corrected chi connectivity index (χ3v) is 10.9. The zero-order valence-electron chi connectivity index (χ0n) is 30.6. The average Bonchev–Trinajstić information content (AvgIpc) is 3.54. The second kappa shape index (κ2) is 21.9. The van der Waals surface area contributed by atoms with Crippen LogP contribution in [-0.2, 0) is 45.8 Å². The van der Waals surface area contributed by atoms with E-state index in [9.17, 15) is 37.9 Å². The number of ether oxygens (including phenoxy) is 4. The van der Waals surface area contributed by atoms with Crippen LogP contribution < -0.4 is 32.1 Å². The Morgan fingerprint density at radius 1 is 1.17 bits per heavy atom. The first kappa shape index (κ1) is 47.7. The molecule has 0 bridgehead atoms. The van der Waals surface area contributed by atoms with Gasteiger partial charge >= 0.3 is 29.2 Å². The van der Waals surface area contributed by atoms with Crippen molar-refractivity contribution in [1.82, 2.24) is 25.5 Å². The number of allylic oxidation sites excluding steroid dienone is 1. The van der Waals surface area contributed by atoms with Crippen LogP contribution in [0, 0.1) is 11.8 Å². The highest BCUT2D eigenvalue weighted by Gasteiger charge is 2.43. The number of azide groups is 1. The summed E-state index contributed by atoms with van der Waals surface area (Å²) in [6.45, 7) is 4.42. The lowest BCUT2D eigenvalue weighted by Crippen LogP contribution is -2.31. The van der Waals surface area contributed by atoms with Gasteiger partial charge in [0.15, 0.2) is 6.23 Å². The average molecular weight is 880 g/mol. The number of carbonyl (C=O) groups excluding carboxylic acids is 2. The number of methoxy groups -OCH3 is 1. The molecule has 4 unspecified atom stereocenters. The van der Waals surface area contributed by atoms with Crippen molar-refractivity contribution in [2.45, 2.75) is 38.0 Å². The van der Waals surface area contributed by atoms with Gasteiger partial charge in [-0.05, 0) is 30.7 Å². The Bertz CT molecular complexity index is 2120. The molecule has 9 N–H and O–H groups in total. The number of nitrogen functional groups attached to an aromatic ring is 1. The van der Waals surface area contributed by atoms with Crippen LogP contribution in [0.15, 0.2) is 52.6 Å². The Kier molecular flexibility index (Phi) is 18.0. The molecule has 318 valence electrons. The van der Waals surface area contributed by atoms with Gasteiger partial charge in [-0.25, -0.2) is 18.5 Å². The predicted octanol–water partition coefficient (Wildman–Crippen LogP) is 0.524. The molecular formula is C29H40N9O17P3. The zero-order chi connectivity index (χ0) is 43.1. The maximum atomic E-state index is 12.7. The van der Waals surface area contributed by atoms with Crippen LogP contribution in [0.4, 0.5) is 5.82 Å². The molecule has 0 saturated carbocycles. The number of phosphoric ester groups is 1. The van der Waals surface area contributed by atoms with Gasteiger partial charge in [0.1, 0.15) is 37.1 Å². The van der Waals surface area contributed by atoms with E-state index in [1.165, 1.54) is 19.4 Å². The lowest BCUT2D eigenvalue weighted by atomic mass is 10.2. The summed E-state index contributed by atoms with van der Waals surface area (Å²) in [6.07, 6.45) is -3.32. The Balaban J connectivity index is 1.53. The Hall–Kier alpha value is -4.66. The highest BCUT2D eigenvalue weighted by atomic mass is 31.3. The van der Waals surface area contributed by atoms with E-state index in [2.05, 4.69) is 62.5 Å². The molecule has 2 amide bonds. The van der Waals surface area contributed by atoms with Crippen molar-refractivity contribution >= 4 is 41.1 Å². The minimum absolute atomic E-state index is 0.0290. The summed E-state index contributed by atoms with van der Waals surface area (Å²) in [7, 11) is -15.6. The van der Waals surface area contributed by atoms with Crippen LogP contribution in [0.2, 0.25) is 0 Å². The monoisotopic (exact) mass is 879 g/mol. The standard InChI is InChI=1S/C29H40N9O17P3/c1-18(2)32-10-11-34-28(40)19-6-4-8-21(12-19)50-17-25(36-37-31)51-16-24(39)33-9-5-7-20-14-38(29(41)35-27(20)30)26-13-22(49-3)23(53-26)15-52-57(45,46)55-58(47,48)54-56(42,43)44/h4,6,8,12,14,22-23,25-26,32H,1,9-11,13,15-17H2,2-3H3,(H,33,39)(H,34,40)(H,45,46)(H,47,48)(H2,30,35,41)(H2,42,43,44)/t22-,23?,25?,26+/m1/s1. The highest BCUT2D eigenvalue weighted by Crippen LogP contribution is 2.66. The van der Waals surface area contributed by atoms with Crippen LogP contribution in [0.5, 0.6) is 5.75 Å². The van der Waals surface area contributed by atoms with Crippen LogP contribution in [0.3, 0.4) is 0 Å². The van der Waals surface area contributed by atoms with Gasteiger partial charge in [-0.2, -0.15) is 13.6 Å². The minimum atomic E-state index is -5.76. The molecule has 2 aromatic rings. The highest BCUT2D eigenvalue weighted by molar-refractivity contribution is 7.66. The fourth-order valence-electron chi connectivity index (χ4n) is 4.65. The molecule has 0 radical (unpaired) electrons. The Morgan fingerprint density at radius 3 is 2.57 bits per heavy atom. The van der Waals surface area contributed by atoms with Crippen molar-refractivity contribution in [2.75, 3.05) is 52.3 Å². The second-order valence-electron chi connectivity index (χ2n) is 11.6. The van der Waals surface area contributed by atoms with E-state index in [4.69, 9.17) is 40.0 Å². The largest absolute Gasteiger partial charge is 0.491 e. The summed E-state index contributed by atoms with van der Waals surface area (Å²) in [5.74, 6) is 4.27. The molecule has 3 rings (SSSR count). The number of nitrogens with one attached hydrogen (secondary N) is 3. The third-order valence-electron chi connectivity index (χ3n) is 7.10. The van der Waals surface area contributed by atoms with Gasteiger partial charge < -0.3 is 60.2 Å². The maximum Gasteiger partial charge on any atom is 0.490 e. The second-order valence-corrected chi connectivity index (χ2v) is 16.0. The number of nitrogens with zero attached hydrogens (tertiary/aromatic N) is 5. The summed E-state index contributed by atoms with van der Waals surface area (Å²) < 4.78 is 69.5. The Morgan fingerprint density at radius 2 is 1.90 bits per heavy atom. The molecule has 6 atom stereocenters. The first-order chi connectivity index (χ1) is 27.2. The van der Waals surface area contributed by atoms with E-state index >= 15 is 0 Å². The predicted molar refractivity (Wildman–Crippen MR) is 198 cm³/mol. The van der Waals surface area contributed by atoms with Gasteiger partial charge in [-0.1, -0.05) is 29.6 Å². The lowest BCUT2D eigenvalue weighted by molar-refractivity contribution is -0.127. The van der Waals surface area contributed by atoms with Crippen LogP contribution in [-0.4, -0.2) is 106 Å². The van der Waals surface area contributed by atoms with Crippen molar-refractivity contribution in [3.63, 3.8) is 0 Å². The quantitative estimate of drug-likeness (QED) is 0.0200. The fourth-order valence-corrected chi connectivity index (χ4v) is 7.68. The molecule has 1 aromatic carbocycles. The van der Waals surface area contributed by atoms with E-state index in [0.29, 0.717) is 18.7 Å². The van der Waals surface area contributed by atoms with E-state index in [1.54, 1.807) is 25.1 Å². The van der Waals surface area contributed by atoms with Crippen molar-refractivity contribution in [3.05, 3.63) is 74.8 Å². The van der Waals surface area contributed by atoms with Gasteiger partial charge in [0, 0.05) is 49.0 Å². The zero-order valence-corrected chi connectivity index (χ0v) is 33.3. The van der Waals surface area contributed by atoms with E-state index in [0.717, 1.165) is 10.3 Å². The number of anilines is 1. The molecule has 1 saturated heterocycles. The Labute approximate surface area is 329 Å². The summed E-state index contributed by atoms with van der Waals surface area (Å²) in [5.41, 5.74) is 15.0. The van der Waals surface area contributed by atoms with Crippen molar-refractivity contribution in [2.24, 2.45) is 5.11 Å². The maximum absolute atomic E-state index is 12.7. The van der Waals surface area contributed by atoms with Crippen molar-refractivity contribution in [1.29, 1.82) is 0 Å². The summed E-state index contributed by atoms with van der Waals surface area (Å²) in [6, 6.07) is 6.23. The smallest absolute Gasteiger partial charge is 0.490 e. The summed E-state index contributed by atoms with van der Waals surface area (Å²) >= 11 is 0.